The van der Waals surface area contributed by atoms with Crippen LogP contribution in [0.15, 0.2) is 59.2 Å². The smallest absolute Gasteiger partial charge is 0.209 e. The second-order valence-electron chi connectivity index (χ2n) is 5.13. The highest BCUT2D eigenvalue weighted by atomic mass is 32.2. The summed E-state index contributed by atoms with van der Waals surface area (Å²) in [7, 11) is 0. The molecule has 124 valence electrons. The highest BCUT2D eigenvalue weighted by Crippen LogP contribution is 2.29. The minimum absolute atomic E-state index is 0.176. The normalized spacial score (nSPS) is 10.9. The number of phenols is 1. The van der Waals surface area contributed by atoms with Crippen molar-refractivity contribution in [3.8, 4) is 27.8 Å². The van der Waals surface area contributed by atoms with Crippen LogP contribution >= 0.6 is 23.1 Å². The van der Waals surface area contributed by atoms with Gasteiger partial charge in [0.25, 0.3) is 0 Å². The predicted octanol–water partition coefficient (Wildman–Crippen LogP) is 3.99. The van der Waals surface area contributed by atoms with Gasteiger partial charge in [0.2, 0.25) is 5.16 Å². The van der Waals surface area contributed by atoms with Gasteiger partial charge < -0.3 is 5.11 Å². The lowest BCUT2D eigenvalue weighted by molar-refractivity contribution is 0.477. The number of nitrogens with one attached hydrogen (secondary N) is 1. The fourth-order valence-electron chi connectivity index (χ4n) is 2.22. The zero-order valence-corrected chi connectivity index (χ0v) is 14.6. The maximum atomic E-state index is 9.88. The molecule has 0 spiro atoms. The van der Waals surface area contributed by atoms with Crippen LogP contribution in [-0.4, -0.2) is 30.3 Å². The number of H-pyrrole nitrogens is 1. The summed E-state index contributed by atoms with van der Waals surface area (Å²) in [5, 5.41) is 20.5. The number of hydrogen-bond donors (Lipinski definition) is 2. The van der Waals surface area contributed by atoms with E-state index in [4.69, 9.17) is 0 Å². The van der Waals surface area contributed by atoms with Gasteiger partial charge in [-0.15, -0.1) is 16.4 Å². The van der Waals surface area contributed by atoms with Crippen LogP contribution in [0.3, 0.4) is 0 Å². The van der Waals surface area contributed by atoms with Crippen molar-refractivity contribution in [2.45, 2.75) is 10.9 Å². The quantitative estimate of drug-likeness (QED) is 0.519. The number of thiazole rings is 1. The summed E-state index contributed by atoms with van der Waals surface area (Å²) in [6.07, 6.45) is 1.76. The maximum absolute atomic E-state index is 9.88. The van der Waals surface area contributed by atoms with Crippen molar-refractivity contribution >= 4 is 23.1 Å². The Morgan fingerprint density at radius 3 is 2.80 bits per heavy atom. The maximum Gasteiger partial charge on any atom is 0.209 e. The minimum atomic E-state index is 0.176. The van der Waals surface area contributed by atoms with Gasteiger partial charge in [0.1, 0.15) is 10.8 Å². The average Bonchev–Trinajstić information content (AvgIpc) is 3.31. The summed E-state index contributed by atoms with van der Waals surface area (Å²) in [6.45, 7) is 0. The van der Waals surface area contributed by atoms with E-state index in [1.54, 1.807) is 35.7 Å². The third kappa shape index (κ3) is 3.54. The number of nitrogens with zero attached hydrogens (tertiary/aromatic N) is 4. The molecule has 3 heterocycles. The number of rotatable bonds is 5. The molecule has 25 heavy (non-hydrogen) atoms. The van der Waals surface area contributed by atoms with Gasteiger partial charge in [-0.05, 0) is 24.3 Å². The van der Waals surface area contributed by atoms with Crippen LogP contribution in [0.5, 0.6) is 5.75 Å². The molecule has 0 aliphatic carbocycles. The number of hydrogen-bond acceptors (Lipinski definition) is 7. The van der Waals surface area contributed by atoms with Gasteiger partial charge in [-0.1, -0.05) is 30.0 Å². The topological polar surface area (TPSA) is 87.6 Å². The summed E-state index contributed by atoms with van der Waals surface area (Å²) in [5.41, 5.74) is 2.47. The Morgan fingerprint density at radius 2 is 1.96 bits per heavy atom. The zero-order chi connectivity index (χ0) is 17.1. The van der Waals surface area contributed by atoms with E-state index in [0.29, 0.717) is 22.3 Å². The van der Waals surface area contributed by atoms with Crippen molar-refractivity contribution in [1.82, 2.24) is 25.1 Å². The van der Waals surface area contributed by atoms with Gasteiger partial charge in [0.15, 0.2) is 5.82 Å². The van der Waals surface area contributed by atoms with Crippen molar-refractivity contribution in [1.29, 1.82) is 0 Å². The molecule has 0 unspecified atom stereocenters. The first kappa shape index (κ1) is 15.8. The van der Waals surface area contributed by atoms with Gasteiger partial charge in [0.05, 0.1) is 17.0 Å². The minimum Gasteiger partial charge on any atom is -0.507 e. The summed E-state index contributed by atoms with van der Waals surface area (Å²) in [4.78, 5) is 13.3. The second kappa shape index (κ2) is 7.04. The molecular weight excluding hydrogens is 354 g/mol. The van der Waals surface area contributed by atoms with Gasteiger partial charge >= 0.3 is 0 Å². The summed E-state index contributed by atoms with van der Waals surface area (Å²) in [5.74, 6) is 1.39. The van der Waals surface area contributed by atoms with E-state index in [-0.39, 0.29) is 5.75 Å². The molecule has 0 saturated heterocycles. The van der Waals surface area contributed by atoms with Crippen molar-refractivity contribution < 1.29 is 5.11 Å². The van der Waals surface area contributed by atoms with Crippen LogP contribution in [0.4, 0.5) is 0 Å². The Hall–Kier alpha value is -2.71. The van der Waals surface area contributed by atoms with Gasteiger partial charge in [-0.3, -0.25) is 10.1 Å². The molecule has 1 aromatic carbocycles. The van der Waals surface area contributed by atoms with E-state index < -0.39 is 0 Å². The fraction of sp³-hybridized carbons (Fsp3) is 0.0588. The number of thioether (sulfide) groups is 1. The van der Waals surface area contributed by atoms with Crippen molar-refractivity contribution in [2.24, 2.45) is 0 Å². The molecule has 6 nitrogen and oxygen atoms in total. The summed E-state index contributed by atoms with van der Waals surface area (Å²) >= 11 is 3.07. The van der Waals surface area contributed by atoms with Crippen molar-refractivity contribution in [3.05, 3.63) is 59.7 Å². The molecule has 0 radical (unpaired) electrons. The lowest BCUT2D eigenvalue weighted by Gasteiger charge is -1.98. The SMILES string of the molecule is Oc1ccccc1-c1nc(SCc2csc(-c3ccccn3)n2)n[nH]1. The summed E-state index contributed by atoms with van der Waals surface area (Å²) in [6, 6.07) is 12.8. The lowest BCUT2D eigenvalue weighted by atomic mass is 10.2. The van der Waals surface area contributed by atoms with E-state index in [1.165, 1.54) is 11.8 Å². The number of para-hydroxylation sites is 1. The molecule has 0 amide bonds. The lowest BCUT2D eigenvalue weighted by Crippen LogP contribution is -1.85. The molecular formula is C17H13N5OS2. The van der Waals surface area contributed by atoms with Gasteiger partial charge in [0, 0.05) is 17.3 Å². The van der Waals surface area contributed by atoms with Crippen molar-refractivity contribution in [3.63, 3.8) is 0 Å². The third-order valence-electron chi connectivity index (χ3n) is 3.41. The van der Waals surface area contributed by atoms with E-state index in [0.717, 1.165) is 16.4 Å². The zero-order valence-electron chi connectivity index (χ0n) is 13.0. The number of phenolic OH excluding ortho intramolecular Hbond substituents is 1. The van der Waals surface area contributed by atoms with Crippen LogP contribution in [0.25, 0.3) is 22.1 Å². The van der Waals surface area contributed by atoms with Gasteiger partial charge in [-0.2, -0.15) is 0 Å². The average molecular weight is 367 g/mol. The number of benzene rings is 1. The number of pyridine rings is 1. The molecule has 0 bridgehead atoms. The molecule has 8 heteroatoms. The molecule has 4 aromatic rings. The largest absolute Gasteiger partial charge is 0.507 e. The first-order valence-corrected chi connectivity index (χ1v) is 9.35. The van der Waals surface area contributed by atoms with Crippen LogP contribution in [0.2, 0.25) is 0 Å². The van der Waals surface area contributed by atoms with E-state index >= 15 is 0 Å². The highest BCUT2D eigenvalue weighted by molar-refractivity contribution is 7.98. The Balaban J connectivity index is 1.44. The van der Waals surface area contributed by atoms with Gasteiger partial charge in [-0.25, -0.2) is 9.97 Å². The molecule has 0 aliphatic heterocycles. The third-order valence-corrected chi connectivity index (χ3v) is 5.20. The molecule has 4 rings (SSSR count). The molecule has 0 fully saturated rings. The highest BCUT2D eigenvalue weighted by Gasteiger charge is 2.11. The second-order valence-corrected chi connectivity index (χ2v) is 6.93. The standard InChI is InChI=1S/C17H13N5OS2/c23-14-7-2-1-5-12(14)15-20-17(22-21-15)25-10-11-9-24-16(19-11)13-6-3-4-8-18-13/h1-9,23H,10H2,(H,20,21,22). The van der Waals surface area contributed by atoms with E-state index in [1.807, 2.05) is 29.6 Å². The molecule has 3 aromatic heterocycles. The number of aromatic nitrogens is 5. The molecule has 0 aliphatic rings. The number of aromatic hydroxyl groups is 1. The predicted molar refractivity (Wildman–Crippen MR) is 98.4 cm³/mol. The molecule has 0 saturated carbocycles. The van der Waals surface area contributed by atoms with Crippen molar-refractivity contribution in [2.75, 3.05) is 0 Å². The Bertz CT molecular complexity index is 983. The number of aromatic amines is 1. The Morgan fingerprint density at radius 1 is 1.08 bits per heavy atom. The Kier molecular flexibility index (Phi) is 4.45. The van der Waals surface area contributed by atoms with Crippen LogP contribution in [0, 0.1) is 0 Å². The first-order valence-electron chi connectivity index (χ1n) is 7.49. The van der Waals surface area contributed by atoms with Crippen LogP contribution < -0.4 is 0 Å². The van der Waals surface area contributed by atoms with Crippen LogP contribution in [-0.2, 0) is 5.75 Å². The first-order chi connectivity index (χ1) is 12.3. The van der Waals surface area contributed by atoms with E-state index in [2.05, 4.69) is 25.1 Å². The fourth-order valence-corrected chi connectivity index (χ4v) is 3.82. The van der Waals surface area contributed by atoms with E-state index in [9.17, 15) is 5.11 Å². The summed E-state index contributed by atoms with van der Waals surface area (Å²) < 4.78 is 0. The van der Waals surface area contributed by atoms with Crippen LogP contribution in [0.1, 0.15) is 5.69 Å². The Labute approximate surface area is 152 Å². The molecule has 2 N–H and O–H groups in total. The molecule has 0 atom stereocenters. The monoisotopic (exact) mass is 367 g/mol.